The average Bonchev–Trinajstić information content (AvgIpc) is 1.68. The van der Waals surface area contributed by atoms with Crippen LogP contribution in [0.15, 0.2) is 255 Å². The standard InChI is InChI=1S/2C19H22O.2C18H20O.2C17H18O/c1-13(2)14(3)20-12-16-8-6-10-18-17-9-5-4-7-15(17)11-19(16)18;1-13(2)14(3)20-12-15-8-9-19-17(10-15)11-16-6-4-5-7-18(16)19;1-3-13(2)19-12-15-8-6-10-17-16-9-5-4-7-14(16)11-18(15)17;1-3-13(2)19-12-14-8-9-18-16(10-14)11-15-6-4-5-7-17(15)18;1-12(2)18-11-14-7-5-9-16-15-8-4-3-6-13(15)10-17(14)16;1-12(2)18-11-13-7-8-17-15(9-13)10-14-5-3-4-6-16(14)17/h2*4-10,13-14H,11-12H2,1-3H3;2*4-10,13H,3,11-12H2,1-2H3;2*3-9,12H,10-11H2,1-2H3. The van der Waals surface area contributed by atoms with E-state index in [1.807, 2.05) is 0 Å². The molecule has 0 spiro atoms. The highest BCUT2D eigenvalue weighted by Crippen LogP contribution is 2.44. The smallest absolute Gasteiger partial charge is 0.0723 e. The second-order valence-corrected chi connectivity index (χ2v) is 33.1. The minimum atomic E-state index is 0.282. The van der Waals surface area contributed by atoms with Gasteiger partial charge in [0.05, 0.1) is 76.3 Å². The molecule has 12 aromatic carbocycles. The lowest BCUT2D eigenvalue weighted by Crippen LogP contribution is -2.15. The van der Waals surface area contributed by atoms with Crippen LogP contribution in [-0.4, -0.2) is 36.6 Å². The van der Waals surface area contributed by atoms with Gasteiger partial charge >= 0.3 is 0 Å². The molecule has 0 amide bonds. The molecule has 4 atom stereocenters. The van der Waals surface area contributed by atoms with E-state index in [0.717, 1.165) is 77.8 Å². The van der Waals surface area contributed by atoms with Crippen molar-refractivity contribution >= 4 is 0 Å². The number of hydrogen-bond acceptors (Lipinski definition) is 6. The lowest BCUT2D eigenvalue weighted by Gasteiger charge is -2.18. The highest BCUT2D eigenvalue weighted by molar-refractivity contribution is 5.82. The third-order valence-electron chi connectivity index (χ3n) is 23.7. The van der Waals surface area contributed by atoms with Crippen molar-refractivity contribution in [1.29, 1.82) is 0 Å². The van der Waals surface area contributed by atoms with Crippen LogP contribution in [0.5, 0.6) is 0 Å². The summed E-state index contributed by atoms with van der Waals surface area (Å²) in [4.78, 5) is 0. The summed E-state index contributed by atoms with van der Waals surface area (Å²) in [5.41, 5.74) is 41.8. The van der Waals surface area contributed by atoms with Crippen molar-refractivity contribution in [3.63, 3.8) is 0 Å². The molecule has 6 heteroatoms. The van der Waals surface area contributed by atoms with Crippen LogP contribution in [0.2, 0.25) is 0 Å². The minimum absolute atomic E-state index is 0.282. The summed E-state index contributed by atoms with van der Waals surface area (Å²) in [5.74, 6) is 1.12. The van der Waals surface area contributed by atoms with Crippen molar-refractivity contribution in [3.8, 4) is 66.8 Å². The quantitative estimate of drug-likeness (QED) is 0.0674. The van der Waals surface area contributed by atoms with E-state index in [-0.39, 0.29) is 12.2 Å². The van der Waals surface area contributed by atoms with Crippen LogP contribution >= 0.6 is 0 Å². The summed E-state index contributed by atoms with van der Waals surface area (Å²) in [5, 5.41) is 0. The van der Waals surface area contributed by atoms with Gasteiger partial charge in [-0.15, -0.1) is 0 Å². The van der Waals surface area contributed by atoms with E-state index in [4.69, 9.17) is 28.4 Å². The molecule has 0 saturated carbocycles. The largest absolute Gasteiger partial charge is 0.374 e. The summed E-state index contributed by atoms with van der Waals surface area (Å²) < 4.78 is 35.1. The van der Waals surface area contributed by atoms with E-state index in [0.29, 0.717) is 49.5 Å². The predicted molar refractivity (Wildman–Crippen MR) is 475 cm³/mol. The van der Waals surface area contributed by atoms with Gasteiger partial charge in [-0.1, -0.05) is 296 Å². The molecule has 12 aromatic rings. The fraction of sp³-hybridized carbons (Fsp3) is 0.333. The Morgan fingerprint density at radius 3 is 0.772 bits per heavy atom. The summed E-state index contributed by atoms with van der Waals surface area (Å²) in [6.07, 6.45) is 10.3. The van der Waals surface area contributed by atoms with Gasteiger partial charge in [0.1, 0.15) is 0 Å². The zero-order valence-corrected chi connectivity index (χ0v) is 70.2. The van der Waals surface area contributed by atoms with Gasteiger partial charge in [0.15, 0.2) is 0 Å². The molecule has 0 aromatic heterocycles. The van der Waals surface area contributed by atoms with Crippen molar-refractivity contribution in [2.24, 2.45) is 11.8 Å². The van der Waals surface area contributed by atoms with Gasteiger partial charge in [-0.3, -0.25) is 0 Å². The van der Waals surface area contributed by atoms with Gasteiger partial charge < -0.3 is 28.4 Å². The zero-order valence-electron chi connectivity index (χ0n) is 70.2. The molecule has 6 aliphatic rings. The van der Waals surface area contributed by atoms with E-state index in [9.17, 15) is 0 Å². The highest BCUT2D eigenvalue weighted by atomic mass is 16.5. The van der Waals surface area contributed by atoms with Crippen LogP contribution in [0, 0.1) is 11.8 Å². The molecule has 0 fully saturated rings. The first-order chi connectivity index (χ1) is 55.4. The number of rotatable bonds is 22. The maximum absolute atomic E-state index is 6.01. The lowest BCUT2D eigenvalue weighted by atomic mass is 10.0. The van der Waals surface area contributed by atoms with E-state index in [1.54, 1.807) is 0 Å². The molecule has 0 radical (unpaired) electrons. The molecule has 0 heterocycles. The number of benzene rings is 12. The highest BCUT2D eigenvalue weighted by Gasteiger charge is 2.26. The molecule has 6 nitrogen and oxygen atoms in total. The van der Waals surface area contributed by atoms with Crippen LogP contribution in [0.4, 0.5) is 0 Å². The first-order valence-corrected chi connectivity index (χ1v) is 42.2. The Labute approximate surface area is 682 Å². The number of hydrogen-bond donors (Lipinski definition) is 0. The molecule has 588 valence electrons. The molecule has 0 N–H and O–H groups in total. The summed E-state index contributed by atoms with van der Waals surface area (Å²) in [6, 6.07) is 92.1. The lowest BCUT2D eigenvalue weighted by molar-refractivity contribution is 0.0232. The van der Waals surface area contributed by atoms with Crippen molar-refractivity contribution < 1.29 is 28.4 Å². The molecular formula is C108H120O6. The van der Waals surface area contributed by atoms with Gasteiger partial charge in [-0.2, -0.15) is 0 Å². The Morgan fingerprint density at radius 1 is 0.219 bits per heavy atom. The molecule has 0 saturated heterocycles. The van der Waals surface area contributed by atoms with E-state index in [2.05, 4.69) is 352 Å². The Kier molecular flexibility index (Phi) is 28.3. The second-order valence-electron chi connectivity index (χ2n) is 33.1. The van der Waals surface area contributed by atoms with Gasteiger partial charge in [0.2, 0.25) is 0 Å². The Bertz CT molecular complexity index is 5210. The summed E-state index contributed by atoms with van der Waals surface area (Å²) >= 11 is 0. The van der Waals surface area contributed by atoms with Gasteiger partial charge in [-0.05, 0) is 285 Å². The summed E-state index contributed by atoms with van der Waals surface area (Å²) in [7, 11) is 0. The topological polar surface area (TPSA) is 55.4 Å². The van der Waals surface area contributed by atoms with Crippen LogP contribution in [0.3, 0.4) is 0 Å². The SMILES string of the molecule is CC(C)C(C)OCc1ccc2c(c1)Cc1ccccc1-2.CC(C)C(C)OCc1cccc2c1Cc1ccccc1-2.CC(C)OCc1ccc2c(c1)Cc1ccccc1-2.CC(C)OCc1cccc2c1Cc1ccccc1-2.CCC(C)OCc1ccc2c(c1)Cc1ccccc1-2.CCC(C)OCc1cccc2c1Cc1ccccc1-2. The van der Waals surface area contributed by atoms with Gasteiger partial charge in [-0.25, -0.2) is 0 Å². The molecule has 4 unspecified atom stereocenters. The Hall–Kier alpha value is -9.60. The fourth-order valence-corrected chi connectivity index (χ4v) is 16.0. The third kappa shape index (κ3) is 20.4. The van der Waals surface area contributed by atoms with E-state index < -0.39 is 0 Å². The Balaban J connectivity index is 0.000000119. The fourth-order valence-electron chi connectivity index (χ4n) is 16.0. The van der Waals surface area contributed by atoms with E-state index >= 15 is 0 Å². The average molecular weight is 1510 g/mol. The number of fused-ring (bicyclic) bond motifs is 18. The zero-order chi connectivity index (χ0) is 79.8. The van der Waals surface area contributed by atoms with Gasteiger partial charge in [0, 0.05) is 0 Å². The van der Waals surface area contributed by atoms with Crippen molar-refractivity contribution in [1.82, 2.24) is 0 Å². The third-order valence-corrected chi connectivity index (χ3v) is 23.7. The monoisotopic (exact) mass is 1510 g/mol. The first kappa shape index (κ1) is 82.4. The molecule has 18 rings (SSSR count). The molecular weight excluding hydrogens is 1390 g/mol. The van der Waals surface area contributed by atoms with Crippen molar-refractivity contribution in [2.45, 2.75) is 225 Å². The second kappa shape index (κ2) is 39.2. The van der Waals surface area contributed by atoms with Crippen LogP contribution < -0.4 is 0 Å². The number of ether oxygens (including phenoxy) is 6. The summed E-state index contributed by atoms with van der Waals surface area (Å²) in [6.45, 7) is 34.3. The minimum Gasteiger partial charge on any atom is -0.374 e. The van der Waals surface area contributed by atoms with Crippen molar-refractivity contribution in [3.05, 3.63) is 355 Å². The van der Waals surface area contributed by atoms with Crippen LogP contribution in [0.1, 0.15) is 210 Å². The molecule has 0 aliphatic heterocycles. The molecule has 114 heavy (non-hydrogen) atoms. The predicted octanol–water partition coefficient (Wildman–Crippen LogP) is 27.1. The maximum Gasteiger partial charge on any atom is 0.0723 e. The van der Waals surface area contributed by atoms with Crippen molar-refractivity contribution in [2.75, 3.05) is 0 Å². The van der Waals surface area contributed by atoms with E-state index in [1.165, 1.54) is 167 Å². The normalized spacial score (nSPS) is 13.6. The van der Waals surface area contributed by atoms with Gasteiger partial charge in [0.25, 0.3) is 0 Å². The van der Waals surface area contributed by atoms with Crippen LogP contribution in [-0.2, 0) is 107 Å². The van der Waals surface area contributed by atoms with Crippen LogP contribution in [0.25, 0.3) is 66.8 Å². The Morgan fingerprint density at radius 2 is 0.456 bits per heavy atom. The first-order valence-electron chi connectivity index (χ1n) is 42.2. The maximum atomic E-state index is 6.01. The molecule has 0 bridgehead atoms. The molecule has 6 aliphatic carbocycles.